The second-order valence-corrected chi connectivity index (χ2v) is 8.72. The molecule has 31 heavy (non-hydrogen) atoms. The fourth-order valence-electron chi connectivity index (χ4n) is 2.77. The maximum absolute atomic E-state index is 12.8. The Morgan fingerprint density at radius 1 is 0.935 bits per heavy atom. The SMILES string of the molecule is Cc1ccc(NC(=O)CNC(=O)c2ccccc2)cc1S(=O)(=O)Nc1ccccc1Cl. The second kappa shape index (κ2) is 9.63. The third-order valence-corrected chi connectivity index (χ3v) is 6.16. The monoisotopic (exact) mass is 457 g/mol. The lowest BCUT2D eigenvalue weighted by Gasteiger charge is -2.13. The number of benzene rings is 3. The lowest BCUT2D eigenvalue weighted by molar-refractivity contribution is -0.115. The first kappa shape index (κ1) is 22.3. The highest BCUT2D eigenvalue weighted by molar-refractivity contribution is 7.92. The van der Waals surface area contributed by atoms with Gasteiger partial charge in [-0.2, -0.15) is 0 Å². The van der Waals surface area contributed by atoms with Crippen LogP contribution in [0.5, 0.6) is 0 Å². The van der Waals surface area contributed by atoms with Crippen LogP contribution in [-0.2, 0) is 14.8 Å². The van der Waals surface area contributed by atoms with Gasteiger partial charge in [-0.05, 0) is 48.9 Å². The van der Waals surface area contributed by atoms with Gasteiger partial charge in [0.2, 0.25) is 5.91 Å². The van der Waals surface area contributed by atoms with Gasteiger partial charge in [-0.3, -0.25) is 14.3 Å². The molecule has 0 aliphatic carbocycles. The van der Waals surface area contributed by atoms with Crippen LogP contribution in [0.15, 0.2) is 77.7 Å². The van der Waals surface area contributed by atoms with Crippen LogP contribution in [-0.4, -0.2) is 26.8 Å². The number of sulfonamides is 1. The molecule has 0 atom stereocenters. The molecule has 0 saturated heterocycles. The first-order valence-electron chi connectivity index (χ1n) is 9.27. The van der Waals surface area contributed by atoms with Crippen LogP contribution in [0.3, 0.4) is 0 Å². The molecule has 0 spiro atoms. The lowest BCUT2D eigenvalue weighted by Crippen LogP contribution is -2.32. The van der Waals surface area contributed by atoms with Crippen LogP contribution in [0.1, 0.15) is 15.9 Å². The molecule has 7 nitrogen and oxygen atoms in total. The van der Waals surface area contributed by atoms with Gasteiger partial charge in [-0.25, -0.2) is 8.42 Å². The molecule has 0 radical (unpaired) electrons. The molecule has 0 aliphatic rings. The maximum atomic E-state index is 12.8. The number of halogens is 1. The Morgan fingerprint density at radius 3 is 2.32 bits per heavy atom. The van der Waals surface area contributed by atoms with Crippen molar-refractivity contribution in [2.45, 2.75) is 11.8 Å². The van der Waals surface area contributed by atoms with Crippen LogP contribution in [0.25, 0.3) is 0 Å². The summed E-state index contributed by atoms with van der Waals surface area (Å²) < 4.78 is 28.1. The summed E-state index contributed by atoms with van der Waals surface area (Å²) in [7, 11) is -3.94. The number of hydrogen-bond donors (Lipinski definition) is 3. The topological polar surface area (TPSA) is 104 Å². The standard InChI is InChI=1S/C22H20ClN3O4S/c1-15-11-12-17(25-21(27)14-24-22(28)16-7-3-2-4-8-16)13-20(15)31(29,30)26-19-10-6-5-9-18(19)23/h2-13,26H,14H2,1H3,(H,24,28)(H,25,27). The summed E-state index contributed by atoms with van der Waals surface area (Å²) in [4.78, 5) is 24.3. The van der Waals surface area contributed by atoms with Crippen molar-refractivity contribution >= 4 is 44.8 Å². The third kappa shape index (κ3) is 5.84. The predicted octanol–water partition coefficient (Wildman–Crippen LogP) is 3.82. The van der Waals surface area contributed by atoms with E-state index >= 15 is 0 Å². The normalized spacial score (nSPS) is 10.9. The van der Waals surface area contributed by atoms with E-state index < -0.39 is 15.9 Å². The van der Waals surface area contributed by atoms with Crippen molar-refractivity contribution in [2.75, 3.05) is 16.6 Å². The van der Waals surface area contributed by atoms with E-state index in [1.807, 2.05) is 0 Å². The highest BCUT2D eigenvalue weighted by Gasteiger charge is 2.19. The lowest BCUT2D eigenvalue weighted by atomic mass is 10.2. The summed E-state index contributed by atoms with van der Waals surface area (Å²) in [5, 5.41) is 5.38. The minimum atomic E-state index is -3.94. The van der Waals surface area contributed by atoms with Crippen molar-refractivity contribution in [2.24, 2.45) is 0 Å². The molecule has 160 valence electrons. The number of para-hydroxylation sites is 1. The van der Waals surface area contributed by atoms with Gasteiger partial charge in [0.25, 0.3) is 15.9 Å². The molecule has 3 N–H and O–H groups in total. The van der Waals surface area contributed by atoms with Gasteiger partial charge in [-0.1, -0.05) is 48.0 Å². The first-order chi connectivity index (χ1) is 14.8. The number of amides is 2. The van der Waals surface area contributed by atoms with Crippen molar-refractivity contribution in [3.8, 4) is 0 Å². The number of carbonyl (C=O) groups excluding carboxylic acids is 2. The van der Waals surface area contributed by atoms with Gasteiger partial charge >= 0.3 is 0 Å². The Bertz CT molecular complexity index is 1210. The molecule has 3 rings (SSSR count). The van der Waals surface area contributed by atoms with E-state index in [4.69, 9.17) is 11.6 Å². The van der Waals surface area contributed by atoms with Crippen molar-refractivity contribution in [3.05, 3.63) is 88.9 Å². The van der Waals surface area contributed by atoms with E-state index in [9.17, 15) is 18.0 Å². The predicted molar refractivity (Wildman–Crippen MR) is 121 cm³/mol. The smallest absolute Gasteiger partial charge is 0.262 e. The summed E-state index contributed by atoms with van der Waals surface area (Å²) in [6.07, 6.45) is 0. The van der Waals surface area contributed by atoms with Gasteiger partial charge in [0.15, 0.2) is 0 Å². The highest BCUT2D eigenvalue weighted by atomic mass is 35.5. The minimum absolute atomic E-state index is 0.00135. The number of nitrogens with one attached hydrogen (secondary N) is 3. The molecule has 0 bridgehead atoms. The van der Waals surface area contributed by atoms with Crippen LogP contribution in [0.4, 0.5) is 11.4 Å². The number of aryl methyl sites for hydroxylation is 1. The van der Waals surface area contributed by atoms with Gasteiger partial charge in [0, 0.05) is 11.3 Å². The maximum Gasteiger partial charge on any atom is 0.262 e. The molecule has 0 fully saturated rings. The summed E-state index contributed by atoms with van der Waals surface area (Å²) >= 11 is 6.04. The van der Waals surface area contributed by atoms with Gasteiger partial charge in [0.1, 0.15) is 0 Å². The zero-order valence-electron chi connectivity index (χ0n) is 16.6. The summed E-state index contributed by atoms with van der Waals surface area (Å²) in [6.45, 7) is 1.38. The molecule has 0 saturated carbocycles. The van der Waals surface area contributed by atoms with E-state index in [0.29, 0.717) is 11.1 Å². The molecule has 3 aromatic rings. The molecule has 0 heterocycles. The molecular weight excluding hydrogens is 438 g/mol. The van der Waals surface area contributed by atoms with E-state index in [1.54, 1.807) is 73.7 Å². The number of anilines is 2. The molecular formula is C22H20ClN3O4S. The average molecular weight is 458 g/mol. The summed E-state index contributed by atoms with van der Waals surface area (Å²) in [6, 6.07) is 19.5. The van der Waals surface area contributed by atoms with E-state index in [-0.39, 0.29) is 33.7 Å². The van der Waals surface area contributed by atoms with Crippen LogP contribution in [0, 0.1) is 6.92 Å². The molecule has 2 amide bonds. The zero-order valence-corrected chi connectivity index (χ0v) is 18.1. The fourth-order valence-corrected chi connectivity index (χ4v) is 4.36. The second-order valence-electron chi connectivity index (χ2n) is 6.66. The van der Waals surface area contributed by atoms with Crippen LogP contribution < -0.4 is 15.4 Å². The summed E-state index contributed by atoms with van der Waals surface area (Å²) in [5.41, 5.74) is 1.46. The number of carbonyl (C=O) groups is 2. The van der Waals surface area contributed by atoms with Crippen LogP contribution in [0.2, 0.25) is 5.02 Å². The molecule has 9 heteroatoms. The Kier molecular flexibility index (Phi) is 6.94. The quantitative estimate of drug-likeness (QED) is 0.501. The molecule has 0 aliphatic heterocycles. The Hall–Kier alpha value is -3.36. The van der Waals surface area contributed by atoms with Gasteiger partial charge in [-0.15, -0.1) is 0 Å². The first-order valence-corrected chi connectivity index (χ1v) is 11.1. The van der Waals surface area contributed by atoms with E-state index in [0.717, 1.165) is 0 Å². The third-order valence-electron chi connectivity index (χ3n) is 4.33. The van der Waals surface area contributed by atoms with Crippen molar-refractivity contribution < 1.29 is 18.0 Å². The van der Waals surface area contributed by atoms with Crippen molar-refractivity contribution in [1.29, 1.82) is 0 Å². The van der Waals surface area contributed by atoms with Crippen molar-refractivity contribution in [3.63, 3.8) is 0 Å². The minimum Gasteiger partial charge on any atom is -0.343 e. The Balaban J connectivity index is 1.69. The number of rotatable bonds is 7. The molecule has 3 aromatic carbocycles. The fraction of sp³-hybridized carbons (Fsp3) is 0.0909. The Labute approximate surface area is 185 Å². The highest BCUT2D eigenvalue weighted by Crippen LogP contribution is 2.26. The zero-order chi connectivity index (χ0) is 22.4. The van der Waals surface area contributed by atoms with Gasteiger partial charge in [0.05, 0.1) is 22.2 Å². The average Bonchev–Trinajstić information content (AvgIpc) is 2.75. The van der Waals surface area contributed by atoms with E-state index in [1.165, 1.54) is 6.07 Å². The number of hydrogen-bond acceptors (Lipinski definition) is 4. The Morgan fingerprint density at radius 2 is 1.61 bits per heavy atom. The van der Waals surface area contributed by atoms with E-state index in [2.05, 4.69) is 15.4 Å². The molecule has 0 aromatic heterocycles. The van der Waals surface area contributed by atoms with Gasteiger partial charge < -0.3 is 10.6 Å². The molecule has 0 unspecified atom stereocenters. The summed E-state index contributed by atoms with van der Waals surface area (Å²) in [5.74, 6) is -0.873. The largest absolute Gasteiger partial charge is 0.343 e. The van der Waals surface area contributed by atoms with Crippen LogP contribution >= 0.6 is 11.6 Å². The van der Waals surface area contributed by atoms with Crippen molar-refractivity contribution in [1.82, 2.24) is 5.32 Å².